The van der Waals surface area contributed by atoms with Crippen LogP contribution in [0.1, 0.15) is 12.0 Å². The van der Waals surface area contributed by atoms with Crippen molar-refractivity contribution in [2.24, 2.45) is 0 Å². The molecule has 1 aromatic rings. The summed E-state index contributed by atoms with van der Waals surface area (Å²) in [4.78, 5) is 13.4. The molecule has 0 fully saturated rings. The summed E-state index contributed by atoms with van der Waals surface area (Å²) in [7, 11) is 4.67. The Morgan fingerprint density at radius 3 is 2.62 bits per heavy atom. The highest BCUT2D eigenvalue weighted by Crippen LogP contribution is 2.24. The molecule has 1 rings (SSSR count). The van der Waals surface area contributed by atoms with E-state index < -0.39 is 0 Å². The molecule has 0 N–H and O–H groups in total. The number of ether oxygens (including phenoxy) is 3. The zero-order valence-corrected chi connectivity index (χ0v) is 13.5. The molecular weight excluding hydrogens is 294 g/mol. The van der Waals surface area contributed by atoms with Gasteiger partial charge in [-0.1, -0.05) is 11.6 Å². The zero-order chi connectivity index (χ0) is 15.7. The molecule has 0 saturated carbocycles. The quantitative estimate of drug-likeness (QED) is 0.655. The van der Waals surface area contributed by atoms with Crippen LogP contribution in [-0.2, 0) is 20.8 Å². The molecular formula is C15H22ClNO4. The monoisotopic (exact) mass is 315 g/mol. The largest absolute Gasteiger partial charge is 0.496 e. The topological polar surface area (TPSA) is 48.0 Å². The summed E-state index contributed by atoms with van der Waals surface area (Å²) < 4.78 is 15.1. The van der Waals surface area contributed by atoms with Gasteiger partial charge >= 0.3 is 5.97 Å². The number of hydrogen-bond donors (Lipinski definition) is 0. The first kappa shape index (κ1) is 17.8. The fourth-order valence-electron chi connectivity index (χ4n) is 1.95. The summed E-state index contributed by atoms with van der Waals surface area (Å²) >= 11 is 6.04. The van der Waals surface area contributed by atoms with E-state index in [0.717, 1.165) is 11.3 Å². The molecule has 0 unspecified atom stereocenters. The van der Waals surface area contributed by atoms with Crippen molar-refractivity contribution < 1.29 is 19.0 Å². The standard InChI is InChI=1S/C15H22ClNO4/c1-19-9-8-17(7-6-15(18)21-3)11-12-10-13(16)4-5-14(12)20-2/h4-5,10H,6-9,11H2,1-3H3. The van der Waals surface area contributed by atoms with Crippen molar-refractivity contribution in [3.05, 3.63) is 28.8 Å². The first-order valence-electron chi connectivity index (χ1n) is 6.71. The molecule has 0 bridgehead atoms. The van der Waals surface area contributed by atoms with Crippen LogP contribution in [0.25, 0.3) is 0 Å². The fraction of sp³-hybridized carbons (Fsp3) is 0.533. The van der Waals surface area contributed by atoms with Crippen molar-refractivity contribution in [3.8, 4) is 5.75 Å². The van der Waals surface area contributed by atoms with E-state index in [0.29, 0.717) is 37.7 Å². The van der Waals surface area contributed by atoms with Gasteiger partial charge in [-0.05, 0) is 18.2 Å². The van der Waals surface area contributed by atoms with Gasteiger partial charge in [-0.15, -0.1) is 0 Å². The molecule has 0 aliphatic rings. The SMILES string of the molecule is COCCN(CCC(=O)OC)Cc1cc(Cl)ccc1OC. The lowest BCUT2D eigenvalue weighted by Gasteiger charge is -2.22. The van der Waals surface area contributed by atoms with Gasteiger partial charge in [0.1, 0.15) is 5.75 Å². The van der Waals surface area contributed by atoms with Gasteiger partial charge in [0.05, 0.1) is 27.2 Å². The van der Waals surface area contributed by atoms with Gasteiger partial charge in [0.2, 0.25) is 0 Å². The highest BCUT2D eigenvalue weighted by Gasteiger charge is 2.12. The minimum absolute atomic E-state index is 0.226. The summed E-state index contributed by atoms with van der Waals surface area (Å²) in [5.74, 6) is 0.551. The number of nitrogens with zero attached hydrogens (tertiary/aromatic N) is 1. The van der Waals surface area contributed by atoms with Crippen LogP contribution in [0.4, 0.5) is 0 Å². The third kappa shape index (κ3) is 6.33. The highest BCUT2D eigenvalue weighted by atomic mass is 35.5. The second-order valence-electron chi connectivity index (χ2n) is 4.55. The second kappa shape index (κ2) is 9.60. The van der Waals surface area contributed by atoms with Crippen molar-refractivity contribution in [3.63, 3.8) is 0 Å². The van der Waals surface area contributed by atoms with Crippen molar-refractivity contribution in [2.45, 2.75) is 13.0 Å². The number of halogens is 1. The van der Waals surface area contributed by atoms with E-state index in [-0.39, 0.29) is 5.97 Å². The second-order valence-corrected chi connectivity index (χ2v) is 4.99. The van der Waals surface area contributed by atoms with Crippen LogP contribution in [0.3, 0.4) is 0 Å². The minimum atomic E-state index is -0.226. The average molecular weight is 316 g/mol. The number of carbonyl (C=O) groups is 1. The Hall–Kier alpha value is -1.30. The van der Waals surface area contributed by atoms with Gasteiger partial charge in [0, 0.05) is 37.3 Å². The van der Waals surface area contributed by atoms with Gasteiger partial charge in [0.25, 0.3) is 0 Å². The number of methoxy groups -OCH3 is 3. The molecule has 5 nitrogen and oxygen atoms in total. The summed E-state index contributed by atoms with van der Waals surface area (Å²) in [6.45, 7) is 2.52. The Kier molecular flexibility index (Phi) is 8.12. The Bertz CT molecular complexity index is 453. The Morgan fingerprint density at radius 1 is 1.24 bits per heavy atom. The Labute approximate surface area is 130 Å². The number of esters is 1. The fourth-order valence-corrected chi connectivity index (χ4v) is 2.15. The predicted molar refractivity (Wildman–Crippen MR) is 81.8 cm³/mol. The lowest BCUT2D eigenvalue weighted by Crippen LogP contribution is -2.29. The number of carbonyl (C=O) groups excluding carboxylic acids is 1. The van der Waals surface area contributed by atoms with Crippen LogP contribution in [-0.4, -0.2) is 51.9 Å². The molecule has 0 atom stereocenters. The van der Waals surface area contributed by atoms with Gasteiger partial charge in [0.15, 0.2) is 0 Å². The first-order valence-corrected chi connectivity index (χ1v) is 7.09. The summed E-state index contributed by atoms with van der Waals surface area (Å²) in [6, 6.07) is 5.50. The van der Waals surface area contributed by atoms with Gasteiger partial charge in [-0.25, -0.2) is 0 Å². The molecule has 0 saturated heterocycles. The van der Waals surface area contributed by atoms with Crippen molar-refractivity contribution >= 4 is 17.6 Å². The van der Waals surface area contributed by atoms with E-state index in [1.54, 1.807) is 20.3 Å². The van der Waals surface area contributed by atoms with Crippen LogP contribution in [0.5, 0.6) is 5.75 Å². The highest BCUT2D eigenvalue weighted by molar-refractivity contribution is 6.30. The van der Waals surface area contributed by atoms with Crippen LogP contribution in [0.15, 0.2) is 18.2 Å². The van der Waals surface area contributed by atoms with E-state index in [1.807, 2.05) is 12.1 Å². The van der Waals surface area contributed by atoms with Crippen LogP contribution in [0.2, 0.25) is 5.02 Å². The lowest BCUT2D eigenvalue weighted by atomic mass is 10.2. The maximum Gasteiger partial charge on any atom is 0.306 e. The summed E-state index contributed by atoms with van der Waals surface area (Å²) in [5, 5.41) is 0.658. The van der Waals surface area contributed by atoms with E-state index in [4.69, 9.17) is 21.1 Å². The molecule has 0 amide bonds. The van der Waals surface area contributed by atoms with Crippen molar-refractivity contribution in [1.82, 2.24) is 4.90 Å². The maximum atomic E-state index is 11.3. The molecule has 6 heteroatoms. The van der Waals surface area contributed by atoms with Gasteiger partial charge in [-0.2, -0.15) is 0 Å². The van der Waals surface area contributed by atoms with Gasteiger partial charge in [-0.3, -0.25) is 9.69 Å². The number of benzene rings is 1. The normalized spacial score (nSPS) is 10.7. The van der Waals surface area contributed by atoms with Crippen molar-refractivity contribution in [1.29, 1.82) is 0 Å². The first-order chi connectivity index (χ1) is 10.1. The number of hydrogen-bond acceptors (Lipinski definition) is 5. The smallest absolute Gasteiger partial charge is 0.306 e. The predicted octanol–water partition coefficient (Wildman–Crippen LogP) is 2.36. The van der Waals surface area contributed by atoms with Crippen LogP contribution in [0, 0.1) is 0 Å². The molecule has 0 aliphatic carbocycles. The average Bonchev–Trinajstić information content (AvgIpc) is 2.49. The van der Waals surface area contributed by atoms with Crippen molar-refractivity contribution in [2.75, 3.05) is 41.0 Å². The summed E-state index contributed by atoms with van der Waals surface area (Å²) in [5.41, 5.74) is 0.978. The van der Waals surface area contributed by atoms with Crippen LogP contribution < -0.4 is 4.74 Å². The molecule has 0 spiro atoms. The lowest BCUT2D eigenvalue weighted by molar-refractivity contribution is -0.141. The molecule has 0 heterocycles. The van der Waals surface area contributed by atoms with E-state index in [2.05, 4.69) is 9.64 Å². The molecule has 21 heavy (non-hydrogen) atoms. The van der Waals surface area contributed by atoms with E-state index in [9.17, 15) is 4.79 Å². The molecule has 0 radical (unpaired) electrons. The zero-order valence-electron chi connectivity index (χ0n) is 12.7. The summed E-state index contributed by atoms with van der Waals surface area (Å²) in [6.07, 6.45) is 0.336. The number of rotatable bonds is 9. The third-order valence-electron chi connectivity index (χ3n) is 3.11. The molecule has 0 aliphatic heterocycles. The van der Waals surface area contributed by atoms with Crippen LogP contribution >= 0.6 is 11.6 Å². The Balaban J connectivity index is 2.74. The van der Waals surface area contributed by atoms with E-state index in [1.165, 1.54) is 7.11 Å². The maximum absolute atomic E-state index is 11.3. The molecule has 118 valence electrons. The van der Waals surface area contributed by atoms with Gasteiger partial charge < -0.3 is 14.2 Å². The Morgan fingerprint density at radius 2 is 2.00 bits per heavy atom. The molecule has 1 aromatic carbocycles. The minimum Gasteiger partial charge on any atom is -0.496 e. The van der Waals surface area contributed by atoms with E-state index >= 15 is 0 Å². The molecule has 0 aromatic heterocycles. The third-order valence-corrected chi connectivity index (χ3v) is 3.34.